The van der Waals surface area contributed by atoms with Crippen molar-refractivity contribution in [1.82, 2.24) is 9.97 Å². The lowest BCUT2D eigenvalue weighted by Crippen LogP contribution is -2.06. The van der Waals surface area contributed by atoms with E-state index in [2.05, 4.69) is 16.0 Å². The number of rotatable bonds is 2. The molecule has 0 unspecified atom stereocenters. The molecule has 0 radical (unpaired) electrons. The molecule has 3 nitrogen and oxygen atoms in total. The van der Waals surface area contributed by atoms with Gasteiger partial charge in [-0.2, -0.15) is 0 Å². The van der Waals surface area contributed by atoms with Crippen molar-refractivity contribution in [3.8, 4) is 11.4 Å². The van der Waals surface area contributed by atoms with Gasteiger partial charge in [-0.3, -0.25) is 4.79 Å². The summed E-state index contributed by atoms with van der Waals surface area (Å²) in [5, 5.41) is 0. The van der Waals surface area contributed by atoms with Gasteiger partial charge in [0.15, 0.2) is 0 Å². The third-order valence-corrected chi connectivity index (χ3v) is 2.90. The Labute approximate surface area is 93.2 Å². The zero-order valence-corrected chi connectivity index (χ0v) is 8.81. The van der Waals surface area contributed by atoms with Crippen molar-refractivity contribution in [2.45, 2.75) is 18.8 Å². The molecular formula is C13H12N2O. The summed E-state index contributed by atoms with van der Waals surface area (Å²) in [5.74, 6) is 1.33. The van der Waals surface area contributed by atoms with E-state index in [0.29, 0.717) is 11.7 Å². The third kappa shape index (κ3) is 1.65. The minimum absolute atomic E-state index is 0.101. The predicted octanol–water partition coefficient (Wildman–Crippen LogP) is 2.31. The van der Waals surface area contributed by atoms with Crippen LogP contribution in [0.5, 0.6) is 0 Å². The van der Waals surface area contributed by atoms with Gasteiger partial charge in [0.2, 0.25) is 0 Å². The van der Waals surface area contributed by atoms with Gasteiger partial charge in [-0.15, -0.1) is 0 Å². The first-order valence-corrected chi connectivity index (χ1v) is 5.49. The van der Waals surface area contributed by atoms with Crippen LogP contribution in [0.4, 0.5) is 0 Å². The van der Waals surface area contributed by atoms with Crippen molar-refractivity contribution in [2.75, 3.05) is 0 Å². The minimum Gasteiger partial charge on any atom is -0.307 e. The van der Waals surface area contributed by atoms with Crippen LogP contribution in [0, 0.1) is 0 Å². The number of H-pyrrole nitrogens is 1. The number of nitrogens with zero attached hydrogens (tertiary/aromatic N) is 1. The highest BCUT2D eigenvalue weighted by molar-refractivity contribution is 5.61. The van der Waals surface area contributed by atoms with Gasteiger partial charge in [-0.1, -0.05) is 24.3 Å². The first kappa shape index (κ1) is 9.33. The fraction of sp³-hybridized carbons (Fsp3) is 0.231. The standard InChI is InChI=1S/C13H12N2O/c16-12-7-8-14-13(15-12)11-4-2-1-3-10(11)9-5-6-9/h1-4,7-9H,5-6H2,(H,14,15,16). The van der Waals surface area contributed by atoms with E-state index in [1.807, 2.05) is 18.2 Å². The Bertz CT molecular complexity index is 570. The van der Waals surface area contributed by atoms with E-state index in [4.69, 9.17) is 0 Å². The maximum absolute atomic E-state index is 11.3. The molecule has 0 aliphatic heterocycles. The number of benzene rings is 1. The highest BCUT2D eigenvalue weighted by atomic mass is 16.1. The summed E-state index contributed by atoms with van der Waals surface area (Å²) in [6.07, 6.45) is 4.04. The average molecular weight is 212 g/mol. The van der Waals surface area contributed by atoms with Gasteiger partial charge in [-0.05, 0) is 24.3 Å². The number of aromatic nitrogens is 2. The van der Waals surface area contributed by atoms with E-state index in [9.17, 15) is 4.79 Å². The second-order valence-electron chi connectivity index (χ2n) is 4.14. The van der Waals surface area contributed by atoms with Crippen molar-refractivity contribution >= 4 is 0 Å². The highest BCUT2D eigenvalue weighted by Gasteiger charge is 2.26. The van der Waals surface area contributed by atoms with Crippen LogP contribution in [0.15, 0.2) is 41.3 Å². The van der Waals surface area contributed by atoms with Gasteiger partial charge in [0.25, 0.3) is 5.56 Å². The lowest BCUT2D eigenvalue weighted by Gasteiger charge is -2.06. The normalized spacial score (nSPS) is 15.0. The zero-order chi connectivity index (χ0) is 11.0. The average Bonchev–Trinajstić information content (AvgIpc) is 3.13. The van der Waals surface area contributed by atoms with E-state index < -0.39 is 0 Å². The molecule has 1 aromatic heterocycles. The Morgan fingerprint density at radius 2 is 2.00 bits per heavy atom. The summed E-state index contributed by atoms with van der Waals surface area (Å²) in [6, 6.07) is 9.60. The molecule has 1 fully saturated rings. The number of hydrogen-bond donors (Lipinski definition) is 1. The topological polar surface area (TPSA) is 45.8 Å². The van der Waals surface area contributed by atoms with Crippen molar-refractivity contribution < 1.29 is 0 Å². The molecule has 1 aromatic carbocycles. The molecule has 1 heterocycles. The first-order chi connectivity index (χ1) is 7.84. The molecule has 0 atom stereocenters. The van der Waals surface area contributed by atoms with Gasteiger partial charge >= 0.3 is 0 Å². The monoisotopic (exact) mass is 212 g/mol. The summed E-state index contributed by atoms with van der Waals surface area (Å²) in [7, 11) is 0. The molecule has 0 spiro atoms. The molecule has 16 heavy (non-hydrogen) atoms. The molecule has 1 aliphatic carbocycles. The maximum atomic E-state index is 11.3. The SMILES string of the molecule is O=c1ccnc(-c2ccccc2C2CC2)[nH]1. The molecule has 0 bridgehead atoms. The Kier molecular flexibility index (Phi) is 2.10. The van der Waals surface area contributed by atoms with Gasteiger partial charge < -0.3 is 4.98 Å². The molecule has 0 amide bonds. The van der Waals surface area contributed by atoms with Gasteiger partial charge in [-0.25, -0.2) is 4.98 Å². The first-order valence-electron chi connectivity index (χ1n) is 5.49. The predicted molar refractivity (Wildman–Crippen MR) is 62.3 cm³/mol. The fourth-order valence-electron chi connectivity index (χ4n) is 1.97. The maximum Gasteiger partial charge on any atom is 0.251 e. The zero-order valence-electron chi connectivity index (χ0n) is 8.81. The van der Waals surface area contributed by atoms with Gasteiger partial charge in [0.05, 0.1) is 0 Å². The van der Waals surface area contributed by atoms with Crippen LogP contribution < -0.4 is 5.56 Å². The van der Waals surface area contributed by atoms with Crippen molar-refractivity contribution in [2.24, 2.45) is 0 Å². The van der Waals surface area contributed by atoms with E-state index in [1.54, 1.807) is 6.20 Å². The van der Waals surface area contributed by atoms with E-state index in [1.165, 1.54) is 24.5 Å². The number of hydrogen-bond acceptors (Lipinski definition) is 2. The largest absolute Gasteiger partial charge is 0.307 e. The summed E-state index contributed by atoms with van der Waals surface area (Å²) in [6.45, 7) is 0. The molecular weight excluding hydrogens is 200 g/mol. The summed E-state index contributed by atoms with van der Waals surface area (Å²) in [5.41, 5.74) is 2.26. The second kappa shape index (κ2) is 3.59. The van der Waals surface area contributed by atoms with Crippen LogP contribution >= 0.6 is 0 Å². The van der Waals surface area contributed by atoms with Crippen LogP contribution in [0.3, 0.4) is 0 Å². The van der Waals surface area contributed by atoms with Crippen LogP contribution in [0.1, 0.15) is 24.3 Å². The quantitative estimate of drug-likeness (QED) is 0.830. The van der Waals surface area contributed by atoms with Gasteiger partial charge in [0.1, 0.15) is 5.82 Å². The van der Waals surface area contributed by atoms with Crippen molar-refractivity contribution in [3.05, 3.63) is 52.4 Å². The second-order valence-corrected chi connectivity index (χ2v) is 4.14. The van der Waals surface area contributed by atoms with E-state index >= 15 is 0 Å². The van der Waals surface area contributed by atoms with Gasteiger partial charge in [0, 0.05) is 17.8 Å². The molecule has 1 saturated carbocycles. The summed E-state index contributed by atoms with van der Waals surface area (Å²) in [4.78, 5) is 18.3. The molecule has 3 heteroatoms. The molecule has 0 saturated heterocycles. The van der Waals surface area contributed by atoms with Crippen LogP contribution in [0.25, 0.3) is 11.4 Å². The Hall–Kier alpha value is -1.90. The molecule has 1 aliphatic rings. The van der Waals surface area contributed by atoms with Crippen LogP contribution in [0.2, 0.25) is 0 Å². The summed E-state index contributed by atoms with van der Waals surface area (Å²) < 4.78 is 0. The van der Waals surface area contributed by atoms with Crippen LogP contribution in [-0.4, -0.2) is 9.97 Å². The third-order valence-electron chi connectivity index (χ3n) is 2.90. The Morgan fingerprint density at radius 3 is 2.75 bits per heavy atom. The fourth-order valence-corrected chi connectivity index (χ4v) is 1.97. The van der Waals surface area contributed by atoms with Crippen molar-refractivity contribution in [1.29, 1.82) is 0 Å². The molecule has 1 N–H and O–H groups in total. The lowest BCUT2D eigenvalue weighted by atomic mass is 10.0. The lowest BCUT2D eigenvalue weighted by molar-refractivity contribution is 1.08. The number of aromatic amines is 1. The minimum atomic E-state index is -0.101. The van der Waals surface area contributed by atoms with E-state index in [-0.39, 0.29) is 5.56 Å². The Morgan fingerprint density at radius 1 is 1.19 bits per heavy atom. The van der Waals surface area contributed by atoms with Crippen molar-refractivity contribution in [3.63, 3.8) is 0 Å². The number of nitrogens with one attached hydrogen (secondary N) is 1. The molecule has 3 rings (SSSR count). The Balaban J connectivity index is 2.15. The van der Waals surface area contributed by atoms with E-state index in [0.717, 1.165) is 5.56 Å². The molecule has 80 valence electrons. The summed E-state index contributed by atoms with van der Waals surface area (Å²) >= 11 is 0. The highest BCUT2D eigenvalue weighted by Crippen LogP contribution is 2.43. The van der Waals surface area contributed by atoms with Crippen LogP contribution in [-0.2, 0) is 0 Å². The smallest absolute Gasteiger partial charge is 0.251 e. The molecule has 2 aromatic rings.